The molecule has 5 rings (SSSR count). The van der Waals surface area contributed by atoms with Gasteiger partial charge in [0, 0.05) is 27.6 Å². The fraction of sp³-hybridized carbons (Fsp3) is 0.453. The van der Waals surface area contributed by atoms with Gasteiger partial charge in [0.25, 0.3) is 11.5 Å². The summed E-state index contributed by atoms with van der Waals surface area (Å²) in [7, 11) is 0. The number of unbranched alkanes of at least 4 members (excludes halogenated alkanes) is 10. The van der Waals surface area contributed by atoms with Gasteiger partial charge in [0.15, 0.2) is 6.61 Å². The van der Waals surface area contributed by atoms with E-state index in [1.54, 1.807) is 36.4 Å². The van der Waals surface area contributed by atoms with E-state index in [-0.39, 0.29) is 55.7 Å². The van der Waals surface area contributed by atoms with Gasteiger partial charge in [0.2, 0.25) is 5.91 Å². The first-order valence-corrected chi connectivity index (χ1v) is 26.0. The van der Waals surface area contributed by atoms with Crippen LogP contribution in [0.15, 0.2) is 87.4 Å². The lowest BCUT2D eigenvalue weighted by Gasteiger charge is -2.30. The Kier molecular flexibility index (Phi) is 20.5. The minimum Gasteiger partial charge on any atom is -0.483 e. The molecule has 0 saturated carbocycles. The molecule has 67 heavy (non-hydrogen) atoms. The Labute approximate surface area is 421 Å². The van der Waals surface area contributed by atoms with Crippen molar-refractivity contribution >= 4 is 92.9 Å². The van der Waals surface area contributed by atoms with Gasteiger partial charge in [-0.25, -0.2) is 4.68 Å². The summed E-state index contributed by atoms with van der Waals surface area (Å²) < 4.78 is 7.47. The number of H-pyrrole nitrogens is 1. The van der Waals surface area contributed by atoms with Crippen LogP contribution in [0.5, 0.6) is 5.75 Å². The van der Waals surface area contributed by atoms with Crippen LogP contribution in [0, 0.1) is 0 Å². The number of hydrogen-bond donors (Lipinski definition) is 4. The van der Waals surface area contributed by atoms with Crippen molar-refractivity contribution in [2.24, 2.45) is 0 Å². The Balaban J connectivity index is 1.31. The summed E-state index contributed by atoms with van der Waals surface area (Å²) in [6.45, 7) is 15.2. The van der Waals surface area contributed by atoms with Crippen LogP contribution in [-0.2, 0) is 20.4 Å². The number of aromatic amines is 1. The molecule has 5 aromatic rings. The number of nitrogens with one attached hydrogen (secondary N) is 4. The van der Waals surface area contributed by atoms with E-state index < -0.39 is 5.56 Å². The van der Waals surface area contributed by atoms with Crippen LogP contribution in [0.4, 0.5) is 22.9 Å². The molecule has 0 fully saturated rings. The van der Waals surface area contributed by atoms with Crippen molar-refractivity contribution in [2.45, 2.75) is 159 Å². The molecular formula is C53H67Cl4N5O4S. The standard InChI is InChI=1S/C53H67Cl4N5O4S/c1-8-11-12-13-14-15-16-17-18-19-20-25-46(63)58-37-27-28-42(39(55)33-37)60-50-49(51(65)62(61-50)48-40(56)31-36(54)32-41(48)57)67-45-24-22-21-23-43(45)59-47(64)34-66-44-29-26-35(52(4,5)9-2)30-38(44)53(6,7)10-3/h21-24,26-33,60-61H,8-20,25,34H2,1-7H3,(H,58,63)(H,59,64). The van der Waals surface area contributed by atoms with Gasteiger partial charge in [-0.1, -0.05) is 195 Å². The Morgan fingerprint density at radius 2 is 1.31 bits per heavy atom. The van der Waals surface area contributed by atoms with Crippen LogP contribution in [0.25, 0.3) is 5.69 Å². The number of carbonyl (C=O) groups is 2. The number of halogens is 4. The largest absolute Gasteiger partial charge is 0.483 e. The molecule has 0 saturated heterocycles. The normalized spacial score (nSPS) is 11.7. The Morgan fingerprint density at radius 1 is 0.687 bits per heavy atom. The summed E-state index contributed by atoms with van der Waals surface area (Å²) in [5.41, 5.74) is 3.29. The quantitative estimate of drug-likeness (QED) is 0.0410. The van der Waals surface area contributed by atoms with Crippen LogP contribution in [-0.4, -0.2) is 28.2 Å². The zero-order valence-electron chi connectivity index (χ0n) is 40.0. The van der Waals surface area contributed by atoms with Crippen LogP contribution >= 0.6 is 58.2 Å². The van der Waals surface area contributed by atoms with Gasteiger partial charge in [-0.2, -0.15) is 0 Å². The van der Waals surface area contributed by atoms with Gasteiger partial charge >= 0.3 is 0 Å². The van der Waals surface area contributed by atoms with Crippen LogP contribution < -0.4 is 26.2 Å². The number of anilines is 4. The molecule has 4 aromatic carbocycles. The summed E-state index contributed by atoms with van der Waals surface area (Å²) in [5, 5.41) is 13.3. The Bertz CT molecular complexity index is 2500. The molecule has 362 valence electrons. The first-order chi connectivity index (χ1) is 32.0. The van der Waals surface area contributed by atoms with Gasteiger partial charge in [-0.05, 0) is 84.2 Å². The lowest BCUT2D eigenvalue weighted by Crippen LogP contribution is -2.24. The van der Waals surface area contributed by atoms with E-state index in [9.17, 15) is 14.4 Å². The second-order valence-electron chi connectivity index (χ2n) is 18.4. The zero-order chi connectivity index (χ0) is 48.7. The van der Waals surface area contributed by atoms with Crippen molar-refractivity contribution in [3.05, 3.63) is 114 Å². The summed E-state index contributed by atoms with van der Waals surface area (Å²) in [6.07, 6.45) is 15.6. The van der Waals surface area contributed by atoms with Crippen molar-refractivity contribution in [3.8, 4) is 11.4 Å². The number of carbonyl (C=O) groups excluding carboxylic acids is 2. The van der Waals surface area contributed by atoms with E-state index in [2.05, 4.69) is 81.6 Å². The molecule has 4 N–H and O–H groups in total. The smallest absolute Gasteiger partial charge is 0.287 e. The number of hydrogen-bond acceptors (Lipinski definition) is 6. The molecule has 0 radical (unpaired) electrons. The van der Waals surface area contributed by atoms with Crippen LogP contribution in [0.2, 0.25) is 20.1 Å². The van der Waals surface area contributed by atoms with Gasteiger partial charge in [-0.3, -0.25) is 19.5 Å². The molecule has 0 bridgehead atoms. The topological polar surface area (TPSA) is 117 Å². The molecule has 1 heterocycles. The summed E-state index contributed by atoms with van der Waals surface area (Å²) in [4.78, 5) is 41.7. The molecule has 1 aromatic heterocycles. The van der Waals surface area contributed by atoms with E-state index in [1.165, 1.54) is 73.7 Å². The van der Waals surface area contributed by atoms with E-state index >= 15 is 0 Å². The third kappa shape index (κ3) is 15.2. The van der Waals surface area contributed by atoms with Crippen LogP contribution in [0.3, 0.4) is 0 Å². The number of para-hydroxylation sites is 1. The molecule has 0 aliphatic rings. The Morgan fingerprint density at radius 3 is 1.94 bits per heavy atom. The Hall–Kier alpha value is -4.06. The highest BCUT2D eigenvalue weighted by Gasteiger charge is 2.28. The number of amides is 2. The molecule has 0 aliphatic carbocycles. The number of benzene rings is 4. The van der Waals surface area contributed by atoms with Crippen molar-refractivity contribution in [2.75, 3.05) is 22.6 Å². The van der Waals surface area contributed by atoms with Crippen LogP contribution in [0.1, 0.15) is 149 Å². The second kappa shape index (κ2) is 25.5. The van der Waals surface area contributed by atoms with Crippen molar-refractivity contribution in [3.63, 3.8) is 0 Å². The minimum atomic E-state index is -0.480. The lowest BCUT2D eigenvalue weighted by molar-refractivity contribution is -0.118. The van der Waals surface area contributed by atoms with E-state index in [0.29, 0.717) is 44.2 Å². The number of ether oxygens (including phenoxy) is 1. The minimum absolute atomic E-state index is 0.0113. The van der Waals surface area contributed by atoms with E-state index in [1.807, 2.05) is 12.1 Å². The fourth-order valence-corrected chi connectivity index (χ4v) is 9.79. The van der Waals surface area contributed by atoms with Crippen molar-refractivity contribution in [1.82, 2.24) is 9.78 Å². The van der Waals surface area contributed by atoms with Gasteiger partial charge in [-0.15, -0.1) is 0 Å². The summed E-state index contributed by atoms with van der Waals surface area (Å²) >= 11 is 27.5. The average molecular weight is 1010 g/mol. The first kappa shape index (κ1) is 53.9. The van der Waals surface area contributed by atoms with E-state index in [0.717, 1.165) is 49.4 Å². The molecule has 14 heteroatoms. The first-order valence-electron chi connectivity index (χ1n) is 23.7. The second-order valence-corrected chi connectivity index (χ2v) is 21.2. The average Bonchev–Trinajstić information content (AvgIpc) is 3.58. The third-order valence-electron chi connectivity index (χ3n) is 12.6. The zero-order valence-corrected chi connectivity index (χ0v) is 43.9. The maximum Gasteiger partial charge on any atom is 0.287 e. The maximum absolute atomic E-state index is 14.4. The fourth-order valence-electron chi connectivity index (χ4n) is 7.61. The molecule has 0 unspecified atom stereocenters. The molecule has 0 spiro atoms. The SMILES string of the molecule is CCCCCCCCCCCCCC(=O)Nc1ccc(Nc2[nH]n(-c3c(Cl)cc(Cl)cc3Cl)c(=O)c2Sc2ccccc2NC(=O)COc2ccc(C(C)(C)CC)cc2C(C)(C)CC)c(Cl)c1. The molecule has 2 amide bonds. The van der Waals surface area contributed by atoms with Crippen molar-refractivity contribution < 1.29 is 14.3 Å². The van der Waals surface area contributed by atoms with Crippen molar-refractivity contribution in [1.29, 1.82) is 0 Å². The third-order valence-corrected chi connectivity index (χ3v) is 14.8. The molecule has 0 aliphatic heterocycles. The molecule has 9 nitrogen and oxygen atoms in total. The molecular weight excluding hydrogens is 944 g/mol. The van der Waals surface area contributed by atoms with Gasteiger partial charge in [0.05, 0.1) is 26.4 Å². The summed E-state index contributed by atoms with van der Waals surface area (Å²) in [6, 6.07) is 21.6. The number of nitrogens with zero attached hydrogens (tertiary/aromatic N) is 1. The van der Waals surface area contributed by atoms with E-state index in [4.69, 9.17) is 51.1 Å². The van der Waals surface area contributed by atoms with Gasteiger partial charge < -0.3 is 20.7 Å². The maximum atomic E-state index is 14.4. The number of rotatable bonds is 26. The summed E-state index contributed by atoms with van der Waals surface area (Å²) in [5.74, 6) is 0.500. The predicted octanol–water partition coefficient (Wildman–Crippen LogP) is 16.7. The monoisotopic (exact) mass is 1010 g/mol. The highest BCUT2D eigenvalue weighted by Crippen LogP contribution is 2.41. The number of aromatic nitrogens is 2. The van der Waals surface area contributed by atoms with Gasteiger partial charge in [0.1, 0.15) is 22.2 Å². The highest BCUT2D eigenvalue weighted by molar-refractivity contribution is 7.99. The molecule has 0 atom stereocenters. The predicted molar refractivity (Wildman–Crippen MR) is 284 cm³/mol. The highest BCUT2D eigenvalue weighted by atomic mass is 35.5. The lowest BCUT2D eigenvalue weighted by atomic mass is 9.76.